The quantitative estimate of drug-likeness (QED) is 0.820. The van der Waals surface area contributed by atoms with Crippen LogP contribution in [0.15, 0.2) is 0 Å². The van der Waals surface area contributed by atoms with Crippen molar-refractivity contribution in [3.63, 3.8) is 0 Å². The van der Waals surface area contributed by atoms with Crippen molar-refractivity contribution in [1.29, 1.82) is 0 Å². The van der Waals surface area contributed by atoms with Crippen molar-refractivity contribution < 1.29 is 14.3 Å². The fraction of sp³-hybridized carbons (Fsp3) is 0.941. The molecule has 0 aromatic carbocycles. The second-order valence-electron chi connectivity index (χ2n) is 7.46. The highest BCUT2D eigenvalue weighted by Crippen LogP contribution is 2.44. The second kappa shape index (κ2) is 8.15. The van der Waals surface area contributed by atoms with Gasteiger partial charge in [0.05, 0.1) is 5.41 Å². The maximum atomic E-state index is 12.7. The Bertz CT molecular complexity index is 383. The van der Waals surface area contributed by atoms with Gasteiger partial charge in [0, 0.05) is 39.0 Å². The minimum absolute atomic E-state index is 0. The third-order valence-corrected chi connectivity index (χ3v) is 6.26. The first-order valence-corrected chi connectivity index (χ1v) is 8.85. The van der Waals surface area contributed by atoms with Crippen LogP contribution in [0.25, 0.3) is 0 Å². The van der Waals surface area contributed by atoms with Crippen LogP contribution in [0, 0.1) is 10.8 Å². The van der Waals surface area contributed by atoms with Gasteiger partial charge in [-0.2, -0.15) is 0 Å². The van der Waals surface area contributed by atoms with Crippen LogP contribution < -0.4 is 11.1 Å². The van der Waals surface area contributed by atoms with Crippen LogP contribution in [0.1, 0.15) is 51.4 Å². The Kier molecular flexibility index (Phi) is 6.72. The molecular weight excluding hydrogens is 316 g/mol. The second-order valence-corrected chi connectivity index (χ2v) is 7.46. The van der Waals surface area contributed by atoms with Gasteiger partial charge in [-0.3, -0.25) is 4.79 Å². The minimum atomic E-state index is -0.397. The molecule has 2 heterocycles. The fourth-order valence-electron chi connectivity index (χ4n) is 4.30. The molecule has 0 unspecified atom stereocenters. The first kappa shape index (κ1) is 19.0. The summed E-state index contributed by atoms with van der Waals surface area (Å²) >= 11 is 0. The third-order valence-electron chi connectivity index (χ3n) is 6.26. The molecule has 3 aliphatic rings. The number of rotatable bonds is 3. The Balaban J connectivity index is 0.00000192. The molecule has 3 rings (SSSR count). The molecule has 0 aromatic heterocycles. The molecule has 23 heavy (non-hydrogen) atoms. The van der Waals surface area contributed by atoms with E-state index < -0.39 is 5.41 Å². The highest BCUT2D eigenvalue weighted by atomic mass is 35.5. The molecule has 1 amide bonds. The number of ether oxygens (including phenoxy) is 2. The van der Waals surface area contributed by atoms with Crippen molar-refractivity contribution in [1.82, 2.24) is 5.32 Å². The van der Waals surface area contributed by atoms with Gasteiger partial charge in [-0.1, -0.05) is 0 Å². The molecule has 2 saturated heterocycles. The summed E-state index contributed by atoms with van der Waals surface area (Å²) in [4.78, 5) is 12.7. The fourth-order valence-corrected chi connectivity index (χ4v) is 4.30. The van der Waals surface area contributed by atoms with Gasteiger partial charge in [-0.05, 0) is 56.8 Å². The number of carbonyl (C=O) groups excluding carboxylic acids is 1. The Morgan fingerprint density at radius 3 is 2.00 bits per heavy atom. The minimum Gasteiger partial charge on any atom is -0.381 e. The predicted octanol–water partition coefficient (Wildman–Crippen LogP) is 2.02. The summed E-state index contributed by atoms with van der Waals surface area (Å²) in [6, 6.07) is 0.326. The van der Waals surface area contributed by atoms with Crippen LogP contribution in [-0.2, 0) is 14.3 Å². The topological polar surface area (TPSA) is 73.6 Å². The maximum Gasteiger partial charge on any atom is 0.227 e. The van der Waals surface area contributed by atoms with Crippen LogP contribution in [0.4, 0.5) is 0 Å². The first-order valence-electron chi connectivity index (χ1n) is 8.85. The maximum absolute atomic E-state index is 12.7. The first-order chi connectivity index (χ1) is 10.7. The van der Waals surface area contributed by atoms with E-state index in [1.807, 2.05) is 0 Å². The molecule has 1 spiro atoms. The number of nitrogens with two attached hydrogens (primary N) is 1. The molecule has 3 fully saturated rings. The molecule has 134 valence electrons. The largest absolute Gasteiger partial charge is 0.381 e. The molecule has 5 nitrogen and oxygen atoms in total. The van der Waals surface area contributed by atoms with Crippen LogP contribution in [0.3, 0.4) is 0 Å². The molecule has 6 heteroatoms. The summed E-state index contributed by atoms with van der Waals surface area (Å²) in [5.41, 5.74) is 6.02. The molecule has 1 aliphatic carbocycles. The van der Waals surface area contributed by atoms with Gasteiger partial charge in [-0.25, -0.2) is 0 Å². The Hall–Kier alpha value is -0.360. The lowest BCUT2D eigenvalue weighted by Crippen LogP contribution is -2.53. The lowest BCUT2D eigenvalue weighted by Gasteiger charge is -2.44. The molecule has 0 aromatic rings. The number of carbonyl (C=O) groups is 1. The van der Waals surface area contributed by atoms with Crippen LogP contribution in [0.2, 0.25) is 0 Å². The van der Waals surface area contributed by atoms with Gasteiger partial charge in [0.2, 0.25) is 5.91 Å². The van der Waals surface area contributed by atoms with Crippen molar-refractivity contribution in [3.05, 3.63) is 0 Å². The van der Waals surface area contributed by atoms with Gasteiger partial charge in [0.1, 0.15) is 0 Å². The van der Waals surface area contributed by atoms with E-state index in [2.05, 4.69) is 5.32 Å². The van der Waals surface area contributed by atoms with E-state index in [1.54, 1.807) is 0 Å². The van der Waals surface area contributed by atoms with E-state index in [-0.39, 0.29) is 18.3 Å². The number of amides is 1. The SMILES string of the molecule is Cl.NCC1(C(=O)NC2CCC3(CCOCC3)CC2)CCOCC1. The third kappa shape index (κ3) is 4.19. The van der Waals surface area contributed by atoms with E-state index >= 15 is 0 Å². The number of hydrogen-bond donors (Lipinski definition) is 2. The van der Waals surface area contributed by atoms with Crippen molar-refractivity contribution in [2.45, 2.75) is 57.4 Å². The van der Waals surface area contributed by atoms with Crippen molar-refractivity contribution in [2.75, 3.05) is 33.0 Å². The smallest absolute Gasteiger partial charge is 0.227 e. The summed E-state index contributed by atoms with van der Waals surface area (Å²) in [6.45, 7) is 3.55. The average molecular weight is 347 g/mol. The lowest BCUT2D eigenvalue weighted by atomic mass is 9.68. The molecule has 0 radical (unpaired) electrons. The van der Waals surface area contributed by atoms with Gasteiger partial charge in [0.25, 0.3) is 0 Å². The zero-order chi connectivity index (χ0) is 15.5. The summed E-state index contributed by atoms with van der Waals surface area (Å²) in [7, 11) is 0. The van der Waals surface area contributed by atoms with Crippen LogP contribution in [-0.4, -0.2) is 44.9 Å². The summed E-state index contributed by atoms with van der Waals surface area (Å²) in [6.07, 6.45) is 8.54. The van der Waals surface area contributed by atoms with Gasteiger partial charge in [0.15, 0.2) is 0 Å². The zero-order valence-electron chi connectivity index (χ0n) is 14.0. The lowest BCUT2D eigenvalue weighted by molar-refractivity contribution is -0.137. The van der Waals surface area contributed by atoms with Crippen molar-refractivity contribution in [3.8, 4) is 0 Å². The van der Waals surface area contributed by atoms with Gasteiger partial charge >= 0.3 is 0 Å². The van der Waals surface area contributed by atoms with E-state index in [4.69, 9.17) is 15.2 Å². The van der Waals surface area contributed by atoms with Crippen LogP contribution in [0.5, 0.6) is 0 Å². The Labute approximate surface area is 145 Å². The zero-order valence-corrected chi connectivity index (χ0v) is 14.8. The normalized spacial score (nSPS) is 27.2. The molecule has 2 aliphatic heterocycles. The summed E-state index contributed by atoms with van der Waals surface area (Å²) in [5.74, 6) is 0.159. The van der Waals surface area contributed by atoms with Gasteiger partial charge < -0.3 is 20.5 Å². The standard InChI is InChI=1S/C17H30N2O3.ClH/c18-13-17(7-11-22-12-8-17)15(20)19-14-1-3-16(4-2-14)5-9-21-10-6-16;/h14H,1-13,18H2,(H,19,20);1H. The van der Waals surface area contributed by atoms with Crippen molar-refractivity contribution >= 4 is 18.3 Å². The molecule has 0 bridgehead atoms. The molecule has 1 saturated carbocycles. The van der Waals surface area contributed by atoms with Gasteiger partial charge in [-0.15, -0.1) is 12.4 Å². The number of hydrogen-bond acceptors (Lipinski definition) is 4. The predicted molar refractivity (Wildman–Crippen MR) is 91.7 cm³/mol. The summed E-state index contributed by atoms with van der Waals surface area (Å²) in [5, 5.41) is 3.30. The highest BCUT2D eigenvalue weighted by molar-refractivity contribution is 5.85. The van der Waals surface area contributed by atoms with E-state index in [1.165, 1.54) is 25.7 Å². The summed E-state index contributed by atoms with van der Waals surface area (Å²) < 4.78 is 10.9. The van der Waals surface area contributed by atoms with E-state index in [0.29, 0.717) is 31.2 Å². The monoisotopic (exact) mass is 346 g/mol. The molecule has 3 N–H and O–H groups in total. The highest BCUT2D eigenvalue weighted by Gasteiger charge is 2.41. The Morgan fingerprint density at radius 2 is 1.48 bits per heavy atom. The molecule has 0 atom stereocenters. The number of halogens is 1. The molecular formula is C17H31ClN2O3. The van der Waals surface area contributed by atoms with Crippen molar-refractivity contribution in [2.24, 2.45) is 16.6 Å². The van der Waals surface area contributed by atoms with Crippen LogP contribution >= 0.6 is 12.4 Å². The van der Waals surface area contributed by atoms with E-state index in [0.717, 1.165) is 38.9 Å². The van der Waals surface area contributed by atoms with E-state index in [9.17, 15) is 4.79 Å². The number of nitrogens with one attached hydrogen (secondary N) is 1. The Morgan fingerprint density at radius 1 is 0.957 bits per heavy atom. The average Bonchev–Trinajstić information content (AvgIpc) is 2.58.